The van der Waals surface area contributed by atoms with Crippen molar-refractivity contribution in [3.05, 3.63) is 24.3 Å². The highest BCUT2D eigenvalue weighted by Gasteiger charge is 2.58. The van der Waals surface area contributed by atoms with Crippen molar-refractivity contribution in [1.82, 2.24) is 0 Å². The van der Waals surface area contributed by atoms with Crippen LogP contribution in [0.1, 0.15) is 65.7 Å². The van der Waals surface area contributed by atoms with E-state index < -0.39 is 0 Å². The van der Waals surface area contributed by atoms with E-state index in [4.69, 9.17) is 4.74 Å². The Kier molecular flexibility index (Phi) is 4.01. The molecule has 5 unspecified atom stereocenters. The topological polar surface area (TPSA) is 26.3 Å². The summed E-state index contributed by atoms with van der Waals surface area (Å²) in [6.07, 6.45) is 12.7. The van der Waals surface area contributed by atoms with Gasteiger partial charge in [-0.2, -0.15) is 0 Å². The fraction of sp³-hybridized carbons (Fsp3) is 0.762. The van der Waals surface area contributed by atoms with E-state index in [0.717, 1.165) is 25.7 Å². The zero-order valence-electron chi connectivity index (χ0n) is 15.3. The van der Waals surface area contributed by atoms with E-state index >= 15 is 0 Å². The number of esters is 1. The molecule has 0 aromatic heterocycles. The molecule has 0 aromatic rings. The van der Waals surface area contributed by atoms with Gasteiger partial charge >= 0.3 is 5.97 Å². The van der Waals surface area contributed by atoms with Crippen molar-refractivity contribution in [3.8, 4) is 0 Å². The first-order valence-corrected chi connectivity index (χ1v) is 9.23. The molecular formula is C21H32O2. The fourth-order valence-electron chi connectivity index (χ4n) is 6.16. The Morgan fingerprint density at radius 2 is 2.00 bits per heavy atom. The Morgan fingerprint density at radius 1 is 1.26 bits per heavy atom. The standard InChI is InChI=1S/C21H32O2/c1-6-19(2)13-10-16-15(14-19)8-9-17-20(16,3)11-7-12-21(17,4)18(22)23-5/h6,14,16-17H,1,7-13H2,2-5H3. The van der Waals surface area contributed by atoms with Gasteiger partial charge in [-0.05, 0) is 62.7 Å². The molecule has 0 aliphatic heterocycles. The lowest BCUT2D eigenvalue weighted by Crippen LogP contribution is -2.54. The number of allylic oxidation sites excluding steroid dienone is 3. The van der Waals surface area contributed by atoms with E-state index in [0.29, 0.717) is 11.8 Å². The van der Waals surface area contributed by atoms with Gasteiger partial charge in [-0.15, -0.1) is 6.58 Å². The molecule has 2 fully saturated rings. The summed E-state index contributed by atoms with van der Waals surface area (Å²) in [5.74, 6) is 1.09. The minimum absolute atomic E-state index is 0.00703. The van der Waals surface area contributed by atoms with Crippen molar-refractivity contribution in [2.24, 2.45) is 28.1 Å². The van der Waals surface area contributed by atoms with Crippen LogP contribution in [0, 0.1) is 28.1 Å². The molecule has 0 N–H and O–H groups in total. The normalized spacial score (nSPS) is 46.2. The number of ether oxygens (including phenoxy) is 1. The number of hydrogen-bond acceptors (Lipinski definition) is 2. The summed E-state index contributed by atoms with van der Waals surface area (Å²) in [4.78, 5) is 12.5. The molecule has 3 rings (SSSR count). The lowest BCUT2D eigenvalue weighted by molar-refractivity contribution is -0.168. The lowest BCUT2D eigenvalue weighted by atomic mass is 9.45. The predicted octanol–water partition coefficient (Wildman–Crippen LogP) is 5.29. The van der Waals surface area contributed by atoms with Gasteiger partial charge < -0.3 is 4.74 Å². The summed E-state index contributed by atoms with van der Waals surface area (Å²) >= 11 is 0. The zero-order valence-corrected chi connectivity index (χ0v) is 15.3. The van der Waals surface area contributed by atoms with Crippen molar-refractivity contribution in [2.45, 2.75) is 65.7 Å². The molecule has 0 aromatic carbocycles. The monoisotopic (exact) mass is 316 g/mol. The maximum Gasteiger partial charge on any atom is 0.311 e. The lowest BCUT2D eigenvalue weighted by Gasteiger charge is -2.59. The average Bonchev–Trinajstić information content (AvgIpc) is 2.53. The molecule has 2 nitrogen and oxygen atoms in total. The molecule has 0 heterocycles. The molecule has 2 saturated carbocycles. The molecule has 0 bridgehead atoms. The Morgan fingerprint density at radius 3 is 2.65 bits per heavy atom. The van der Waals surface area contributed by atoms with Crippen LogP contribution in [0.5, 0.6) is 0 Å². The van der Waals surface area contributed by atoms with E-state index in [1.165, 1.54) is 19.3 Å². The minimum atomic E-state index is -0.299. The van der Waals surface area contributed by atoms with Crippen molar-refractivity contribution >= 4 is 5.97 Å². The molecule has 128 valence electrons. The quantitative estimate of drug-likeness (QED) is 0.511. The molecule has 0 amide bonds. The van der Waals surface area contributed by atoms with Gasteiger partial charge in [-0.25, -0.2) is 0 Å². The average molecular weight is 316 g/mol. The van der Waals surface area contributed by atoms with Crippen LogP contribution in [0.3, 0.4) is 0 Å². The Bertz CT molecular complexity index is 548. The maximum absolute atomic E-state index is 12.5. The zero-order chi connectivity index (χ0) is 16.9. The van der Waals surface area contributed by atoms with Crippen molar-refractivity contribution in [2.75, 3.05) is 7.11 Å². The fourth-order valence-corrected chi connectivity index (χ4v) is 6.16. The van der Waals surface area contributed by atoms with E-state index in [1.807, 2.05) is 0 Å². The highest BCUT2D eigenvalue weighted by molar-refractivity contribution is 5.77. The van der Waals surface area contributed by atoms with Crippen LogP contribution in [0.25, 0.3) is 0 Å². The summed E-state index contributed by atoms with van der Waals surface area (Å²) in [6, 6.07) is 0. The van der Waals surface area contributed by atoms with Crippen molar-refractivity contribution in [1.29, 1.82) is 0 Å². The smallest absolute Gasteiger partial charge is 0.311 e. The first-order valence-electron chi connectivity index (χ1n) is 9.23. The van der Waals surface area contributed by atoms with E-state index in [9.17, 15) is 4.79 Å². The second-order valence-corrected chi connectivity index (χ2v) is 8.88. The minimum Gasteiger partial charge on any atom is -0.469 e. The number of rotatable bonds is 2. The molecule has 0 spiro atoms. The predicted molar refractivity (Wildman–Crippen MR) is 93.9 cm³/mol. The summed E-state index contributed by atoms with van der Waals surface area (Å²) < 4.78 is 5.21. The number of carbonyl (C=O) groups is 1. The number of fused-ring (bicyclic) bond motifs is 3. The van der Waals surface area contributed by atoms with Gasteiger partial charge in [0, 0.05) is 5.41 Å². The van der Waals surface area contributed by atoms with Crippen LogP contribution in [0.15, 0.2) is 24.3 Å². The molecule has 2 heteroatoms. The second-order valence-electron chi connectivity index (χ2n) is 8.88. The summed E-state index contributed by atoms with van der Waals surface area (Å²) in [5.41, 5.74) is 1.74. The van der Waals surface area contributed by atoms with Crippen LogP contribution in [-0.2, 0) is 9.53 Å². The third-order valence-corrected chi connectivity index (χ3v) is 7.55. The number of methoxy groups -OCH3 is 1. The van der Waals surface area contributed by atoms with Gasteiger partial charge in [0.05, 0.1) is 12.5 Å². The number of carbonyl (C=O) groups excluding carboxylic acids is 1. The van der Waals surface area contributed by atoms with Crippen LogP contribution in [-0.4, -0.2) is 13.1 Å². The molecule has 0 radical (unpaired) electrons. The first kappa shape index (κ1) is 16.8. The van der Waals surface area contributed by atoms with Crippen LogP contribution < -0.4 is 0 Å². The van der Waals surface area contributed by atoms with Gasteiger partial charge in [0.15, 0.2) is 0 Å². The van der Waals surface area contributed by atoms with Gasteiger partial charge in [0.25, 0.3) is 0 Å². The SMILES string of the molecule is C=CC1(C)C=C2CCC3C(C)(C(=O)OC)CCCC3(C)C2CC1. The second kappa shape index (κ2) is 5.50. The van der Waals surface area contributed by atoms with E-state index in [-0.39, 0.29) is 22.2 Å². The highest BCUT2D eigenvalue weighted by atomic mass is 16.5. The van der Waals surface area contributed by atoms with E-state index in [2.05, 4.69) is 39.5 Å². The maximum atomic E-state index is 12.5. The third kappa shape index (κ3) is 2.40. The van der Waals surface area contributed by atoms with E-state index in [1.54, 1.807) is 12.7 Å². The molecule has 23 heavy (non-hydrogen) atoms. The third-order valence-electron chi connectivity index (χ3n) is 7.55. The first-order chi connectivity index (χ1) is 10.8. The van der Waals surface area contributed by atoms with Crippen molar-refractivity contribution < 1.29 is 9.53 Å². The largest absolute Gasteiger partial charge is 0.469 e. The Labute approximate surface area is 141 Å². The molecule has 3 aliphatic rings. The molecular weight excluding hydrogens is 284 g/mol. The van der Waals surface area contributed by atoms with Gasteiger partial charge in [0.2, 0.25) is 0 Å². The van der Waals surface area contributed by atoms with Crippen LogP contribution in [0.2, 0.25) is 0 Å². The molecule has 0 saturated heterocycles. The summed E-state index contributed by atoms with van der Waals surface area (Å²) in [7, 11) is 1.55. The Balaban J connectivity index is 1.98. The van der Waals surface area contributed by atoms with Crippen LogP contribution in [0.4, 0.5) is 0 Å². The van der Waals surface area contributed by atoms with Gasteiger partial charge in [-0.1, -0.05) is 38.0 Å². The summed E-state index contributed by atoms with van der Waals surface area (Å²) in [6.45, 7) is 11.0. The van der Waals surface area contributed by atoms with Gasteiger partial charge in [-0.3, -0.25) is 4.79 Å². The summed E-state index contributed by atoms with van der Waals surface area (Å²) in [5, 5.41) is 0. The Hall–Kier alpha value is -1.05. The van der Waals surface area contributed by atoms with Gasteiger partial charge in [0.1, 0.15) is 0 Å². The molecule has 3 aliphatic carbocycles. The molecule has 5 atom stereocenters. The van der Waals surface area contributed by atoms with Crippen LogP contribution >= 0.6 is 0 Å². The van der Waals surface area contributed by atoms with Crippen molar-refractivity contribution in [3.63, 3.8) is 0 Å². The highest BCUT2D eigenvalue weighted by Crippen LogP contribution is 2.64. The number of hydrogen-bond donors (Lipinski definition) is 0.